The topological polar surface area (TPSA) is 103 Å². The van der Waals surface area contributed by atoms with Gasteiger partial charge in [-0.15, -0.1) is 0 Å². The van der Waals surface area contributed by atoms with Gasteiger partial charge in [0.05, 0.1) is 6.10 Å². The number of nitrogens with zero attached hydrogens (tertiary/aromatic N) is 2. The first kappa shape index (κ1) is 14.9. The maximum atomic E-state index is 11.9. The fraction of sp³-hybridized carbons (Fsp3) is 0.417. The third-order valence-corrected chi connectivity index (χ3v) is 2.50. The highest BCUT2D eigenvalue weighted by atomic mass is 16.4. The second-order valence-corrected chi connectivity index (χ2v) is 4.33. The second kappa shape index (κ2) is 6.14. The van der Waals surface area contributed by atoms with Crippen LogP contribution < -0.4 is 10.2 Å². The lowest BCUT2D eigenvalue weighted by molar-refractivity contribution is -0.141. The van der Waals surface area contributed by atoms with Crippen LogP contribution >= 0.6 is 0 Å². The molecule has 0 aromatic carbocycles. The van der Waals surface area contributed by atoms with Gasteiger partial charge in [0, 0.05) is 25.9 Å². The number of aliphatic carboxylic acids is 1. The average molecular weight is 267 g/mol. The summed E-state index contributed by atoms with van der Waals surface area (Å²) >= 11 is 0. The smallest absolute Gasteiger partial charge is 0.328 e. The van der Waals surface area contributed by atoms with Crippen molar-refractivity contribution in [2.45, 2.75) is 19.1 Å². The fourth-order valence-electron chi connectivity index (χ4n) is 1.42. The van der Waals surface area contributed by atoms with Crippen LogP contribution in [0.1, 0.15) is 17.3 Å². The van der Waals surface area contributed by atoms with Crippen LogP contribution in [-0.2, 0) is 4.79 Å². The van der Waals surface area contributed by atoms with E-state index in [1.165, 1.54) is 25.3 Å². The van der Waals surface area contributed by atoms with Gasteiger partial charge >= 0.3 is 5.97 Å². The van der Waals surface area contributed by atoms with Gasteiger partial charge in [0.25, 0.3) is 5.91 Å². The third kappa shape index (κ3) is 3.92. The predicted octanol–water partition coefficient (Wildman–Crippen LogP) is -0.289. The monoisotopic (exact) mass is 267 g/mol. The zero-order valence-corrected chi connectivity index (χ0v) is 11.0. The quantitative estimate of drug-likeness (QED) is 0.677. The first-order chi connectivity index (χ1) is 8.82. The minimum atomic E-state index is -1.34. The molecule has 0 aliphatic rings. The summed E-state index contributed by atoms with van der Waals surface area (Å²) in [5.41, 5.74) is 0.283. The number of carboxylic acid groups (broad SMARTS) is 1. The molecule has 7 heteroatoms. The summed E-state index contributed by atoms with van der Waals surface area (Å²) in [6, 6.07) is 1.67. The molecule has 1 aromatic rings. The molecule has 0 unspecified atom stereocenters. The van der Waals surface area contributed by atoms with Crippen LogP contribution in [0.25, 0.3) is 0 Å². The summed E-state index contributed by atoms with van der Waals surface area (Å²) in [7, 11) is 3.56. The zero-order valence-electron chi connectivity index (χ0n) is 11.0. The lowest BCUT2D eigenvalue weighted by Crippen LogP contribution is -2.47. The molecule has 1 heterocycles. The highest BCUT2D eigenvalue weighted by molar-refractivity contribution is 5.97. The molecule has 1 amide bonds. The maximum Gasteiger partial charge on any atom is 0.328 e. The molecule has 1 aromatic heterocycles. The number of anilines is 1. The van der Waals surface area contributed by atoms with Crippen LogP contribution in [0.3, 0.4) is 0 Å². The number of aliphatic hydroxyl groups excluding tert-OH is 1. The Morgan fingerprint density at radius 2 is 2.05 bits per heavy atom. The largest absolute Gasteiger partial charge is 0.480 e. The zero-order chi connectivity index (χ0) is 14.6. The van der Waals surface area contributed by atoms with Gasteiger partial charge in [0.2, 0.25) is 0 Å². The molecule has 0 bridgehead atoms. The van der Waals surface area contributed by atoms with E-state index in [9.17, 15) is 14.7 Å². The molecule has 2 atom stereocenters. The SMILES string of the molecule is C[C@@H](O)[C@H](NC(=O)c1ccnc(N(C)C)c1)C(=O)O. The Balaban J connectivity index is 2.88. The van der Waals surface area contributed by atoms with Crippen molar-refractivity contribution in [1.82, 2.24) is 10.3 Å². The molecule has 0 aliphatic heterocycles. The van der Waals surface area contributed by atoms with E-state index in [0.29, 0.717) is 5.82 Å². The number of amides is 1. The van der Waals surface area contributed by atoms with Crippen LogP contribution in [0, 0.1) is 0 Å². The summed E-state index contributed by atoms with van der Waals surface area (Å²) < 4.78 is 0. The Bertz CT molecular complexity index is 474. The van der Waals surface area contributed by atoms with Crippen LogP contribution in [0.2, 0.25) is 0 Å². The van der Waals surface area contributed by atoms with Crippen molar-refractivity contribution in [2.24, 2.45) is 0 Å². The normalized spacial score (nSPS) is 13.5. The number of hydrogen-bond acceptors (Lipinski definition) is 5. The van der Waals surface area contributed by atoms with E-state index in [2.05, 4.69) is 10.3 Å². The fourth-order valence-corrected chi connectivity index (χ4v) is 1.42. The van der Waals surface area contributed by atoms with E-state index in [0.717, 1.165) is 0 Å². The number of pyridine rings is 1. The van der Waals surface area contributed by atoms with Crippen LogP contribution in [-0.4, -0.2) is 53.3 Å². The number of aliphatic hydroxyl groups is 1. The molecule has 7 nitrogen and oxygen atoms in total. The predicted molar refractivity (Wildman–Crippen MR) is 69.1 cm³/mol. The van der Waals surface area contributed by atoms with E-state index < -0.39 is 24.0 Å². The molecule has 104 valence electrons. The Kier molecular flexibility index (Phi) is 4.82. The van der Waals surface area contributed by atoms with E-state index >= 15 is 0 Å². The number of carbonyl (C=O) groups is 2. The summed E-state index contributed by atoms with van der Waals surface area (Å²) in [6.07, 6.45) is 0.277. The Morgan fingerprint density at radius 1 is 1.42 bits per heavy atom. The van der Waals surface area contributed by atoms with Crippen LogP contribution in [0.15, 0.2) is 18.3 Å². The summed E-state index contributed by atoms with van der Waals surface area (Å²) in [6.45, 7) is 1.30. The summed E-state index contributed by atoms with van der Waals surface area (Å²) in [5, 5.41) is 20.5. The van der Waals surface area contributed by atoms with Crippen molar-refractivity contribution in [3.63, 3.8) is 0 Å². The number of carboxylic acids is 1. The van der Waals surface area contributed by atoms with Gasteiger partial charge in [0.1, 0.15) is 5.82 Å². The third-order valence-electron chi connectivity index (χ3n) is 2.50. The van der Waals surface area contributed by atoms with Crippen molar-refractivity contribution in [2.75, 3.05) is 19.0 Å². The molecule has 0 spiro atoms. The van der Waals surface area contributed by atoms with E-state index in [1.807, 2.05) is 0 Å². The molecule has 19 heavy (non-hydrogen) atoms. The minimum absolute atomic E-state index is 0.283. The van der Waals surface area contributed by atoms with Crippen LogP contribution in [0.4, 0.5) is 5.82 Å². The van der Waals surface area contributed by atoms with Gasteiger partial charge in [-0.25, -0.2) is 9.78 Å². The van der Waals surface area contributed by atoms with Gasteiger partial charge in [-0.05, 0) is 19.1 Å². The van der Waals surface area contributed by atoms with Gasteiger partial charge in [0.15, 0.2) is 6.04 Å². The van der Waals surface area contributed by atoms with Crippen molar-refractivity contribution >= 4 is 17.7 Å². The molecule has 0 aliphatic carbocycles. The molecule has 3 N–H and O–H groups in total. The van der Waals surface area contributed by atoms with E-state index in [-0.39, 0.29) is 5.56 Å². The standard InChI is InChI=1S/C12H17N3O4/c1-7(16)10(12(18)19)14-11(17)8-4-5-13-9(6-8)15(2)3/h4-7,10,16H,1-3H3,(H,14,17)(H,18,19)/t7-,10+/m1/s1. The van der Waals surface area contributed by atoms with Gasteiger partial charge in [-0.1, -0.05) is 0 Å². The second-order valence-electron chi connectivity index (χ2n) is 4.33. The Labute approximate surface area is 110 Å². The number of nitrogens with one attached hydrogen (secondary N) is 1. The lowest BCUT2D eigenvalue weighted by atomic mass is 10.1. The molecule has 0 fully saturated rings. The first-order valence-electron chi connectivity index (χ1n) is 5.68. The van der Waals surface area contributed by atoms with Gasteiger partial charge in [-0.3, -0.25) is 4.79 Å². The minimum Gasteiger partial charge on any atom is -0.480 e. The number of carbonyl (C=O) groups excluding carboxylic acids is 1. The number of hydrogen-bond donors (Lipinski definition) is 3. The Morgan fingerprint density at radius 3 is 2.53 bits per heavy atom. The lowest BCUT2D eigenvalue weighted by Gasteiger charge is -2.17. The molecule has 0 radical (unpaired) electrons. The van der Waals surface area contributed by atoms with Gasteiger partial charge in [-0.2, -0.15) is 0 Å². The first-order valence-corrected chi connectivity index (χ1v) is 5.68. The molecular weight excluding hydrogens is 250 g/mol. The highest BCUT2D eigenvalue weighted by Gasteiger charge is 2.25. The van der Waals surface area contributed by atoms with Crippen LogP contribution in [0.5, 0.6) is 0 Å². The van der Waals surface area contributed by atoms with Crippen molar-refractivity contribution in [3.8, 4) is 0 Å². The van der Waals surface area contributed by atoms with Gasteiger partial charge < -0.3 is 20.4 Å². The van der Waals surface area contributed by atoms with Crippen molar-refractivity contribution < 1.29 is 19.8 Å². The summed E-state index contributed by atoms with van der Waals surface area (Å²) in [4.78, 5) is 28.6. The number of rotatable bonds is 5. The highest BCUT2D eigenvalue weighted by Crippen LogP contribution is 2.10. The summed E-state index contributed by atoms with van der Waals surface area (Å²) in [5.74, 6) is -1.28. The molecule has 1 rings (SSSR count). The van der Waals surface area contributed by atoms with E-state index in [4.69, 9.17) is 5.11 Å². The molecule has 0 saturated carbocycles. The van der Waals surface area contributed by atoms with E-state index in [1.54, 1.807) is 19.0 Å². The maximum absolute atomic E-state index is 11.9. The Hall–Kier alpha value is -2.15. The molecule has 0 saturated heterocycles. The van der Waals surface area contributed by atoms with Crippen molar-refractivity contribution in [1.29, 1.82) is 0 Å². The molecular formula is C12H17N3O4. The average Bonchev–Trinajstić information content (AvgIpc) is 2.34. The van der Waals surface area contributed by atoms with Crippen molar-refractivity contribution in [3.05, 3.63) is 23.9 Å². The number of aromatic nitrogens is 1.